The van der Waals surface area contributed by atoms with Crippen molar-refractivity contribution >= 4 is 32.6 Å². The highest BCUT2D eigenvalue weighted by Crippen LogP contribution is 2.28. The summed E-state index contributed by atoms with van der Waals surface area (Å²) in [6, 6.07) is 23.5. The minimum atomic E-state index is -4.43. The second kappa shape index (κ2) is 7.02. The number of benzene rings is 3. The highest BCUT2D eigenvalue weighted by molar-refractivity contribution is 7.90. The molecular formula is C24H18N2O3S. The van der Waals surface area contributed by atoms with Crippen molar-refractivity contribution in [3.63, 3.8) is 0 Å². The molecule has 0 spiro atoms. The van der Waals surface area contributed by atoms with Crippen molar-refractivity contribution in [2.45, 2.75) is 0 Å². The van der Waals surface area contributed by atoms with Crippen LogP contribution in [0.1, 0.15) is 11.1 Å². The second-order valence-electron chi connectivity index (χ2n) is 7.06. The van der Waals surface area contributed by atoms with Crippen LogP contribution in [0.3, 0.4) is 0 Å². The summed E-state index contributed by atoms with van der Waals surface area (Å²) in [6.07, 6.45) is 5.30. The summed E-state index contributed by atoms with van der Waals surface area (Å²) in [5, 5.41) is 7.73. The Bertz CT molecular complexity index is 1440. The first kappa shape index (κ1) is 18.4. The van der Waals surface area contributed by atoms with Crippen molar-refractivity contribution < 1.29 is 13.0 Å². The molecule has 0 bridgehead atoms. The average molecular weight is 414 g/mol. The molecule has 6 heteroatoms. The summed E-state index contributed by atoms with van der Waals surface area (Å²) in [7, 11) is -4.43. The van der Waals surface area contributed by atoms with Crippen LogP contribution in [0.5, 0.6) is 0 Å². The first-order valence-electron chi connectivity index (χ1n) is 9.44. The lowest BCUT2D eigenvalue weighted by Gasteiger charge is -2.23. The maximum absolute atomic E-state index is 12.0. The van der Waals surface area contributed by atoms with Crippen molar-refractivity contribution in [1.29, 1.82) is 0 Å². The van der Waals surface area contributed by atoms with Crippen LogP contribution in [0, 0.1) is 0 Å². The minimum Gasteiger partial charge on any atom is -0.359 e. The fourth-order valence-corrected chi connectivity index (χ4v) is 4.36. The van der Waals surface area contributed by atoms with Gasteiger partial charge in [-0.25, -0.2) is 0 Å². The maximum Gasteiger partial charge on any atom is 0.310 e. The zero-order valence-electron chi connectivity index (χ0n) is 15.8. The van der Waals surface area contributed by atoms with Gasteiger partial charge in [-0.15, -0.1) is 0 Å². The largest absolute Gasteiger partial charge is 0.359 e. The molecule has 5 rings (SSSR count). The molecule has 0 unspecified atom stereocenters. The van der Waals surface area contributed by atoms with Crippen molar-refractivity contribution in [3.05, 3.63) is 118 Å². The van der Waals surface area contributed by atoms with E-state index in [2.05, 4.69) is 10.6 Å². The summed E-state index contributed by atoms with van der Waals surface area (Å²) >= 11 is 0. The SMILES string of the molecule is O=S(=O)(O)C1=CC(c2ccccc2)=c2ccc3c(c2N1)NC=CC=3c1ccccc1. The first-order valence-corrected chi connectivity index (χ1v) is 10.9. The molecule has 0 saturated carbocycles. The number of rotatable bonds is 3. The Morgan fingerprint density at radius 1 is 0.700 bits per heavy atom. The number of nitrogens with one attached hydrogen (secondary N) is 2. The molecule has 0 atom stereocenters. The highest BCUT2D eigenvalue weighted by Gasteiger charge is 2.24. The molecule has 0 saturated heterocycles. The van der Waals surface area contributed by atoms with E-state index in [4.69, 9.17) is 0 Å². The summed E-state index contributed by atoms with van der Waals surface area (Å²) in [6.45, 7) is 0. The molecule has 0 amide bonds. The fraction of sp³-hybridized carbons (Fsp3) is 0. The van der Waals surface area contributed by atoms with E-state index in [9.17, 15) is 13.0 Å². The molecule has 2 aliphatic rings. The third-order valence-corrected chi connectivity index (χ3v) is 6.01. The molecule has 0 radical (unpaired) electrons. The summed E-state index contributed by atoms with van der Waals surface area (Å²) in [5.41, 5.74) is 5.04. The van der Waals surface area contributed by atoms with Crippen LogP contribution in [-0.4, -0.2) is 13.0 Å². The molecule has 0 aromatic heterocycles. The third-order valence-electron chi connectivity index (χ3n) is 5.23. The van der Waals surface area contributed by atoms with Gasteiger partial charge in [-0.3, -0.25) is 4.55 Å². The van der Waals surface area contributed by atoms with Gasteiger partial charge in [0, 0.05) is 16.6 Å². The van der Waals surface area contributed by atoms with Gasteiger partial charge in [0.05, 0.1) is 11.4 Å². The van der Waals surface area contributed by atoms with Gasteiger partial charge in [0.25, 0.3) is 0 Å². The lowest BCUT2D eigenvalue weighted by atomic mass is 9.95. The van der Waals surface area contributed by atoms with Crippen LogP contribution < -0.4 is 21.1 Å². The monoisotopic (exact) mass is 414 g/mol. The van der Waals surface area contributed by atoms with Crippen LogP contribution >= 0.6 is 0 Å². The fourth-order valence-electron chi connectivity index (χ4n) is 3.86. The van der Waals surface area contributed by atoms with Crippen LogP contribution in [0.4, 0.5) is 11.4 Å². The van der Waals surface area contributed by atoms with Gasteiger partial charge < -0.3 is 10.6 Å². The smallest absolute Gasteiger partial charge is 0.310 e. The number of hydrogen-bond acceptors (Lipinski definition) is 4. The Hall–Kier alpha value is -3.61. The molecule has 0 aliphatic carbocycles. The Kier molecular flexibility index (Phi) is 4.31. The number of allylic oxidation sites excluding steroid dienone is 2. The van der Waals surface area contributed by atoms with Crippen LogP contribution in [0.2, 0.25) is 0 Å². The molecule has 2 heterocycles. The maximum atomic E-state index is 12.0. The molecule has 148 valence electrons. The lowest BCUT2D eigenvalue weighted by molar-refractivity contribution is 0.491. The number of fused-ring (bicyclic) bond motifs is 3. The van der Waals surface area contributed by atoms with E-state index >= 15 is 0 Å². The van der Waals surface area contributed by atoms with Gasteiger partial charge in [0.1, 0.15) is 0 Å². The van der Waals surface area contributed by atoms with E-state index < -0.39 is 10.1 Å². The average Bonchev–Trinajstić information content (AvgIpc) is 2.78. The Morgan fingerprint density at radius 2 is 1.27 bits per heavy atom. The molecule has 30 heavy (non-hydrogen) atoms. The molecule has 5 nitrogen and oxygen atoms in total. The highest BCUT2D eigenvalue weighted by atomic mass is 32.2. The van der Waals surface area contributed by atoms with Gasteiger partial charge in [0.2, 0.25) is 0 Å². The van der Waals surface area contributed by atoms with Crippen molar-refractivity contribution in [1.82, 2.24) is 0 Å². The quantitative estimate of drug-likeness (QED) is 0.574. The van der Waals surface area contributed by atoms with E-state index in [0.29, 0.717) is 5.69 Å². The number of anilines is 2. The van der Waals surface area contributed by atoms with E-state index in [1.54, 1.807) is 0 Å². The zero-order chi connectivity index (χ0) is 20.7. The lowest BCUT2D eigenvalue weighted by Crippen LogP contribution is -2.29. The Labute approximate surface area is 174 Å². The summed E-state index contributed by atoms with van der Waals surface area (Å²) in [4.78, 5) is 0. The summed E-state index contributed by atoms with van der Waals surface area (Å²) in [5.74, 6) is 0. The molecule has 3 N–H and O–H groups in total. The van der Waals surface area contributed by atoms with Crippen LogP contribution in [0.15, 0.2) is 96.2 Å². The van der Waals surface area contributed by atoms with Gasteiger partial charge in [-0.1, -0.05) is 72.8 Å². The van der Waals surface area contributed by atoms with Gasteiger partial charge >= 0.3 is 10.1 Å². The van der Waals surface area contributed by atoms with E-state index in [0.717, 1.165) is 38.4 Å². The second-order valence-corrected chi connectivity index (χ2v) is 8.45. The van der Waals surface area contributed by atoms with Crippen molar-refractivity contribution in [2.75, 3.05) is 10.6 Å². The van der Waals surface area contributed by atoms with Crippen molar-refractivity contribution in [3.8, 4) is 0 Å². The van der Waals surface area contributed by atoms with Gasteiger partial charge in [-0.05, 0) is 34.4 Å². The van der Waals surface area contributed by atoms with E-state index in [-0.39, 0.29) is 5.03 Å². The van der Waals surface area contributed by atoms with Crippen LogP contribution in [0.25, 0.3) is 11.1 Å². The number of hydrogen-bond donors (Lipinski definition) is 3. The van der Waals surface area contributed by atoms with Crippen LogP contribution in [-0.2, 0) is 10.1 Å². The van der Waals surface area contributed by atoms with Gasteiger partial charge in [0.15, 0.2) is 5.03 Å². The first-order chi connectivity index (χ1) is 14.5. The molecule has 0 fully saturated rings. The minimum absolute atomic E-state index is 0.250. The molecule has 3 aromatic rings. The Morgan fingerprint density at radius 3 is 1.87 bits per heavy atom. The standard InChI is InChI=1S/C24H18N2O3S/c27-30(28,29)22-15-21(17-9-5-2-6-10-17)20-12-11-19-18(16-7-3-1-4-8-16)13-14-25-23(19)24(20)26-22/h1-15,25-26H,(H,27,28,29). The molecule has 2 aliphatic heterocycles. The molecular weight excluding hydrogens is 396 g/mol. The Balaban J connectivity index is 1.86. The zero-order valence-corrected chi connectivity index (χ0v) is 16.6. The van der Waals surface area contributed by atoms with Crippen molar-refractivity contribution in [2.24, 2.45) is 0 Å². The van der Waals surface area contributed by atoms with E-state index in [1.165, 1.54) is 6.08 Å². The van der Waals surface area contributed by atoms with E-state index in [1.807, 2.05) is 85.1 Å². The topological polar surface area (TPSA) is 78.4 Å². The molecule has 3 aromatic carbocycles. The predicted octanol–water partition coefficient (Wildman–Crippen LogP) is 3.18. The summed E-state index contributed by atoms with van der Waals surface area (Å²) < 4.78 is 33.8. The predicted molar refractivity (Wildman–Crippen MR) is 120 cm³/mol. The third kappa shape index (κ3) is 3.12. The van der Waals surface area contributed by atoms with Gasteiger partial charge in [-0.2, -0.15) is 8.42 Å². The normalized spacial score (nSPS) is 14.9.